The molecular formula is C14H16F2N4O2S3. The van der Waals surface area contributed by atoms with Gasteiger partial charge in [-0.15, -0.1) is 10.2 Å². The lowest BCUT2D eigenvalue weighted by atomic mass is 10.3. The van der Waals surface area contributed by atoms with E-state index in [0.29, 0.717) is 45.0 Å². The minimum atomic E-state index is -2.54. The molecule has 0 aliphatic rings. The van der Waals surface area contributed by atoms with Crippen LogP contribution in [0.5, 0.6) is 0 Å². The van der Waals surface area contributed by atoms with E-state index in [2.05, 4.69) is 20.8 Å². The molecule has 0 spiro atoms. The molecule has 11 heteroatoms. The van der Waals surface area contributed by atoms with Gasteiger partial charge < -0.3 is 15.4 Å². The van der Waals surface area contributed by atoms with Gasteiger partial charge in [0.25, 0.3) is 5.76 Å². The molecule has 1 aromatic heterocycles. The first-order valence-corrected chi connectivity index (χ1v) is 9.79. The van der Waals surface area contributed by atoms with Gasteiger partial charge in [-0.05, 0) is 12.1 Å². The van der Waals surface area contributed by atoms with Crippen LogP contribution in [-0.4, -0.2) is 47.9 Å². The van der Waals surface area contributed by atoms with Gasteiger partial charge in [0.2, 0.25) is 11.0 Å². The topological polar surface area (TPSA) is 76.1 Å². The van der Waals surface area contributed by atoms with Gasteiger partial charge in [-0.3, -0.25) is 4.79 Å². The molecule has 1 aromatic carbocycles. The normalized spacial score (nSPS) is 10.9. The van der Waals surface area contributed by atoms with Crippen molar-refractivity contribution in [1.29, 1.82) is 0 Å². The summed E-state index contributed by atoms with van der Waals surface area (Å²) in [6.45, 7) is 1.18. The fraction of sp³-hybridized carbons (Fsp3) is 0.357. The van der Waals surface area contributed by atoms with E-state index in [9.17, 15) is 13.6 Å². The summed E-state index contributed by atoms with van der Waals surface area (Å²) < 4.78 is 30.6. The van der Waals surface area contributed by atoms with Crippen molar-refractivity contribution < 1.29 is 18.3 Å². The first-order chi connectivity index (χ1) is 12.1. The van der Waals surface area contributed by atoms with E-state index >= 15 is 0 Å². The van der Waals surface area contributed by atoms with Crippen LogP contribution in [0.3, 0.4) is 0 Å². The second-order valence-corrected chi connectivity index (χ2v) is 7.74. The molecule has 6 nitrogen and oxygen atoms in total. The molecule has 0 unspecified atom stereocenters. The molecule has 0 atom stereocenters. The van der Waals surface area contributed by atoms with Crippen molar-refractivity contribution in [1.82, 2.24) is 10.2 Å². The van der Waals surface area contributed by atoms with Crippen molar-refractivity contribution >= 4 is 51.6 Å². The molecule has 0 saturated heterocycles. The predicted molar refractivity (Wildman–Crippen MR) is 97.9 cm³/mol. The summed E-state index contributed by atoms with van der Waals surface area (Å²) in [4.78, 5) is 12.4. The summed E-state index contributed by atoms with van der Waals surface area (Å²) in [5.41, 5.74) is 0.373. The van der Waals surface area contributed by atoms with Crippen molar-refractivity contribution in [2.75, 3.05) is 36.6 Å². The lowest BCUT2D eigenvalue weighted by Crippen LogP contribution is -2.14. The monoisotopic (exact) mass is 406 g/mol. The number of alkyl halides is 2. The van der Waals surface area contributed by atoms with E-state index in [4.69, 9.17) is 4.74 Å². The van der Waals surface area contributed by atoms with Crippen LogP contribution >= 0.6 is 34.9 Å². The van der Waals surface area contributed by atoms with Gasteiger partial charge in [0.1, 0.15) is 0 Å². The van der Waals surface area contributed by atoms with Crippen LogP contribution in [0.15, 0.2) is 33.5 Å². The SMILES string of the molecule is COCCNc1nnc(SCC(=O)Nc2ccccc2SC(F)F)s1. The van der Waals surface area contributed by atoms with Gasteiger partial charge in [-0.2, -0.15) is 8.78 Å². The fourth-order valence-corrected chi connectivity index (χ4v) is 3.85. The zero-order valence-electron chi connectivity index (χ0n) is 13.2. The number of ether oxygens (including phenoxy) is 1. The number of rotatable bonds is 10. The average Bonchev–Trinajstić information content (AvgIpc) is 3.02. The molecule has 0 aliphatic carbocycles. The number of benzene rings is 1. The van der Waals surface area contributed by atoms with Crippen molar-refractivity contribution in [3.63, 3.8) is 0 Å². The van der Waals surface area contributed by atoms with Crippen LogP contribution < -0.4 is 10.6 Å². The summed E-state index contributed by atoms with van der Waals surface area (Å²) in [6, 6.07) is 6.47. The zero-order chi connectivity index (χ0) is 18.1. The van der Waals surface area contributed by atoms with Crippen LogP contribution in [0.1, 0.15) is 0 Å². The molecule has 1 heterocycles. The van der Waals surface area contributed by atoms with E-state index in [0.717, 1.165) is 0 Å². The number of para-hydroxylation sites is 1. The van der Waals surface area contributed by atoms with Crippen molar-refractivity contribution in [2.45, 2.75) is 15.0 Å². The largest absolute Gasteiger partial charge is 0.383 e. The number of thioether (sulfide) groups is 2. The van der Waals surface area contributed by atoms with Gasteiger partial charge >= 0.3 is 0 Å². The summed E-state index contributed by atoms with van der Waals surface area (Å²) in [7, 11) is 1.61. The molecule has 2 aromatic rings. The maximum absolute atomic E-state index is 12.5. The number of carbonyl (C=O) groups excluding carboxylic acids is 1. The van der Waals surface area contributed by atoms with E-state index < -0.39 is 5.76 Å². The third-order valence-corrected chi connectivity index (χ3v) is 5.50. The molecule has 2 rings (SSSR count). The third-order valence-electron chi connectivity index (χ3n) is 2.69. The Kier molecular flexibility index (Phi) is 8.38. The summed E-state index contributed by atoms with van der Waals surface area (Å²) >= 11 is 2.97. The summed E-state index contributed by atoms with van der Waals surface area (Å²) in [5, 5.41) is 14.3. The summed E-state index contributed by atoms with van der Waals surface area (Å²) in [5.74, 6) is -2.73. The van der Waals surface area contributed by atoms with Gasteiger partial charge in [-0.1, -0.05) is 47.0 Å². The number of hydrogen-bond acceptors (Lipinski definition) is 8. The Balaban J connectivity index is 1.83. The van der Waals surface area contributed by atoms with Crippen LogP contribution in [0.25, 0.3) is 0 Å². The van der Waals surface area contributed by atoms with Gasteiger partial charge in [0.05, 0.1) is 18.0 Å². The van der Waals surface area contributed by atoms with Crippen molar-refractivity contribution in [2.24, 2.45) is 0 Å². The molecule has 0 saturated carbocycles. The first-order valence-electron chi connectivity index (χ1n) is 7.11. The minimum absolute atomic E-state index is 0.111. The standard InChI is InChI=1S/C14H16F2N4O2S3/c1-22-7-6-17-13-19-20-14(25-13)23-8-11(21)18-9-4-2-3-5-10(9)24-12(15)16/h2-5,12H,6-8H2,1H3,(H,17,19)(H,18,21). The predicted octanol–water partition coefficient (Wildman–Crippen LogP) is 3.64. The number of nitrogens with zero attached hydrogens (tertiary/aromatic N) is 2. The minimum Gasteiger partial charge on any atom is -0.383 e. The lowest BCUT2D eigenvalue weighted by molar-refractivity contribution is -0.113. The number of amides is 1. The van der Waals surface area contributed by atoms with Gasteiger partial charge in [0, 0.05) is 18.6 Å². The quantitative estimate of drug-likeness (QED) is 0.461. The summed E-state index contributed by atoms with van der Waals surface area (Å²) in [6.07, 6.45) is 0. The molecule has 0 radical (unpaired) electrons. The smallest absolute Gasteiger partial charge is 0.288 e. The Hall–Kier alpha value is -1.43. The maximum Gasteiger partial charge on any atom is 0.288 e. The zero-order valence-corrected chi connectivity index (χ0v) is 15.6. The van der Waals surface area contributed by atoms with Crippen LogP contribution in [-0.2, 0) is 9.53 Å². The van der Waals surface area contributed by atoms with E-state index in [1.54, 1.807) is 31.4 Å². The van der Waals surface area contributed by atoms with Crippen LogP contribution in [0, 0.1) is 0 Å². The number of hydrogen-bond donors (Lipinski definition) is 2. The molecule has 1 amide bonds. The molecule has 0 bridgehead atoms. The second-order valence-electron chi connectivity index (χ2n) is 4.50. The average molecular weight is 407 g/mol. The van der Waals surface area contributed by atoms with E-state index in [-0.39, 0.29) is 11.7 Å². The maximum atomic E-state index is 12.5. The first kappa shape index (κ1) is 19.9. The van der Waals surface area contributed by atoms with Crippen LogP contribution in [0.2, 0.25) is 0 Å². The van der Waals surface area contributed by atoms with E-state index in [1.165, 1.54) is 23.1 Å². The number of anilines is 2. The highest BCUT2D eigenvalue weighted by Crippen LogP contribution is 2.32. The second kappa shape index (κ2) is 10.5. The number of nitrogens with one attached hydrogen (secondary N) is 2. The Morgan fingerprint density at radius 3 is 2.92 bits per heavy atom. The Morgan fingerprint density at radius 1 is 1.36 bits per heavy atom. The Morgan fingerprint density at radius 2 is 2.16 bits per heavy atom. The molecular weight excluding hydrogens is 390 g/mol. The van der Waals surface area contributed by atoms with Crippen LogP contribution in [0.4, 0.5) is 19.6 Å². The molecule has 0 aliphatic heterocycles. The highest BCUT2D eigenvalue weighted by atomic mass is 32.2. The number of methoxy groups -OCH3 is 1. The van der Waals surface area contributed by atoms with E-state index in [1.807, 2.05) is 0 Å². The number of halogens is 2. The fourth-order valence-electron chi connectivity index (χ4n) is 1.68. The Labute approximate surface area is 156 Å². The van der Waals surface area contributed by atoms with Crippen molar-refractivity contribution in [3.8, 4) is 0 Å². The lowest BCUT2D eigenvalue weighted by Gasteiger charge is -2.09. The molecule has 0 fully saturated rings. The number of carbonyl (C=O) groups is 1. The highest BCUT2D eigenvalue weighted by Gasteiger charge is 2.13. The van der Waals surface area contributed by atoms with Gasteiger partial charge in [-0.25, -0.2) is 0 Å². The van der Waals surface area contributed by atoms with Gasteiger partial charge in [0.15, 0.2) is 4.34 Å². The molecule has 136 valence electrons. The molecule has 2 N–H and O–H groups in total. The Bertz CT molecular complexity index is 688. The molecule has 25 heavy (non-hydrogen) atoms. The van der Waals surface area contributed by atoms with Crippen molar-refractivity contribution in [3.05, 3.63) is 24.3 Å². The third kappa shape index (κ3) is 7.14. The number of aromatic nitrogens is 2. The highest BCUT2D eigenvalue weighted by molar-refractivity contribution is 8.01.